The van der Waals surface area contributed by atoms with Crippen LogP contribution in [0.25, 0.3) is 0 Å². The molecule has 0 aliphatic carbocycles. The first-order chi connectivity index (χ1) is 10.3. The van der Waals surface area contributed by atoms with Crippen molar-refractivity contribution < 1.29 is 9.53 Å². The molecule has 6 nitrogen and oxygen atoms in total. The van der Waals surface area contributed by atoms with Crippen LogP contribution in [-0.2, 0) is 0 Å². The van der Waals surface area contributed by atoms with Gasteiger partial charge in [-0.1, -0.05) is 18.2 Å². The van der Waals surface area contributed by atoms with E-state index in [-0.39, 0.29) is 0 Å². The monoisotopic (exact) mass is 286 g/mol. The van der Waals surface area contributed by atoms with Gasteiger partial charge in [-0.05, 0) is 38.1 Å². The molecule has 1 fully saturated rings. The van der Waals surface area contributed by atoms with Crippen LogP contribution in [-0.4, -0.2) is 29.0 Å². The molecule has 0 radical (unpaired) electrons. The Labute approximate surface area is 123 Å². The van der Waals surface area contributed by atoms with Gasteiger partial charge in [0.1, 0.15) is 5.75 Å². The van der Waals surface area contributed by atoms with Crippen molar-refractivity contribution in [2.45, 2.75) is 18.9 Å². The van der Waals surface area contributed by atoms with Gasteiger partial charge in [0.25, 0.3) is 0 Å². The van der Waals surface area contributed by atoms with E-state index in [0.717, 1.165) is 25.9 Å². The quantitative estimate of drug-likeness (QED) is 0.909. The summed E-state index contributed by atoms with van der Waals surface area (Å²) in [5, 5.41) is 10.3. The predicted molar refractivity (Wildman–Crippen MR) is 79.5 cm³/mol. The second-order valence-corrected chi connectivity index (χ2v) is 5.02. The molecule has 1 aromatic carbocycles. The molecule has 1 amide bonds. The summed E-state index contributed by atoms with van der Waals surface area (Å²) in [5.41, 5.74) is 0.648. The molecule has 6 heteroatoms. The van der Waals surface area contributed by atoms with Gasteiger partial charge < -0.3 is 10.1 Å². The van der Waals surface area contributed by atoms with Gasteiger partial charge in [-0.2, -0.15) is 5.10 Å². The fourth-order valence-corrected chi connectivity index (χ4v) is 2.41. The maximum absolute atomic E-state index is 11.8. The lowest BCUT2D eigenvalue weighted by atomic mass is 10.1. The van der Waals surface area contributed by atoms with Crippen LogP contribution in [0.2, 0.25) is 0 Å². The third-order valence-corrected chi connectivity index (χ3v) is 3.48. The largest absolute Gasteiger partial charge is 0.417 e. The van der Waals surface area contributed by atoms with Gasteiger partial charge >= 0.3 is 6.09 Å². The number of aromatic nitrogens is 2. The molecule has 1 aliphatic heterocycles. The lowest BCUT2D eigenvalue weighted by molar-refractivity contribution is 0.215. The summed E-state index contributed by atoms with van der Waals surface area (Å²) in [5.74, 6) is 0.515. The van der Waals surface area contributed by atoms with E-state index >= 15 is 0 Å². The number of piperidine rings is 1. The van der Waals surface area contributed by atoms with Crippen molar-refractivity contribution in [1.82, 2.24) is 15.1 Å². The molecular weight excluding hydrogens is 268 g/mol. The molecule has 2 N–H and O–H groups in total. The lowest BCUT2D eigenvalue weighted by Crippen LogP contribution is -2.29. The number of ether oxygens (including phenoxy) is 1. The molecule has 1 saturated heterocycles. The molecule has 1 aliphatic rings. The molecular formula is C15H18N4O2. The number of anilines is 1. The van der Waals surface area contributed by atoms with Crippen LogP contribution in [0.4, 0.5) is 10.5 Å². The Morgan fingerprint density at radius 2 is 2.05 bits per heavy atom. The van der Waals surface area contributed by atoms with Crippen molar-refractivity contribution in [3.8, 4) is 5.75 Å². The van der Waals surface area contributed by atoms with Crippen molar-refractivity contribution in [2.24, 2.45) is 0 Å². The van der Waals surface area contributed by atoms with Crippen LogP contribution in [0.15, 0.2) is 42.7 Å². The van der Waals surface area contributed by atoms with Crippen molar-refractivity contribution in [3.05, 3.63) is 42.7 Å². The zero-order valence-corrected chi connectivity index (χ0v) is 11.7. The molecule has 0 bridgehead atoms. The highest BCUT2D eigenvalue weighted by atomic mass is 16.6. The zero-order chi connectivity index (χ0) is 14.5. The van der Waals surface area contributed by atoms with Crippen LogP contribution in [0.3, 0.4) is 0 Å². The average molecular weight is 286 g/mol. The maximum atomic E-state index is 11.8. The molecule has 110 valence electrons. The van der Waals surface area contributed by atoms with E-state index in [0.29, 0.717) is 17.5 Å². The van der Waals surface area contributed by atoms with Crippen LogP contribution in [0.5, 0.6) is 5.75 Å². The number of benzene rings is 1. The first kappa shape index (κ1) is 13.6. The molecule has 0 atom stereocenters. The number of hydrogen-bond donors (Lipinski definition) is 2. The summed E-state index contributed by atoms with van der Waals surface area (Å²) in [6.07, 6.45) is 5.09. The SMILES string of the molecule is O=C(Nc1cnn(C2CCNCC2)c1)Oc1ccccc1. The highest BCUT2D eigenvalue weighted by Gasteiger charge is 2.16. The number of carbonyl (C=O) groups is 1. The Hall–Kier alpha value is -2.34. The standard InChI is InChI=1S/C15H18N4O2/c20-15(21-14-4-2-1-3-5-14)18-12-10-17-19(11-12)13-6-8-16-9-7-13/h1-5,10-11,13,16H,6-9H2,(H,18,20). The Morgan fingerprint density at radius 1 is 1.29 bits per heavy atom. The molecule has 0 spiro atoms. The number of nitrogens with zero attached hydrogens (tertiary/aromatic N) is 2. The molecule has 1 aromatic heterocycles. The van der Waals surface area contributed by atoms with Gasteiger partial charge in [0.15, 0.2) is 0 Å². The van der Waals surface area contributed by atoms with E-state index in [4.69, 9.17) is 4.74 Å². The number of amides is 1. The fourth-order valence-electron chi connectivity index (χ4n) is 2.41. The maximum Gasteiger partial charge on any atom is 0.417 e. The van der Waals surface area contributed by atoms with E-state index in [9.17, 15) is 4.79 Å². The first-order valence-corrected chi connectivity index (χ1v) is 7.10. The third-order valence-electron chi connectivity index (χ3n) is 3.48. The predicted octanol–water partition coefficient (Wildman–Crippen LogP) is 2.42. The summed E-state index contributed by atoms with van der Waals surface area (Å²) in [6, 6.07) is 9.37. The number of para-hydroxylation sites is 1. The second-order valence-electron chi connectivity index (χ2n) is 5.02. The van der Waals surface area contributed by atoms with Crippen LogP contribution < -0.4 is 15.4 Å². The summed E-state index contributed by atoms with van der Waals surface area (Å²) in [6.45, 7) is 2.01. The summed E-state index contributed by atoms with van der Waals surface area (Å²) in [7, 11) is 0. The van der Waals surface area contributed by atoms with E-state index in [1.54, 1.807) is 18.3 Å². The third kappa shape index (κ3) is 3.61. The molecule has 2 heterocycles. The van der Waals surface area contributed by atoms with E-state index in [1.807, 2.05) is 29.1 Å². The van der Waals surface area contributed by atoms with Crippen molar-refractivity contribution in [1.29, 1.82) is 0 Å². The fraction of sp³-hybridized carbons (Fsp3) is 0.333. The minimum atomic E-state index is -0.508. The summed E-state index contributed by atoms with van der Waals surface area (Å²) in [4.78, 5) is 11.8. The first-order valence-electron chi connectivity index (χ1n) is 7.10. The van der Waals surface area contributed by atoms with Gasteiger partial charge in [0, 0.05) is 6.20 Å². The van der Waals surface area contributed by atoms with E-state index < -0.39 is 6.09 Å². The highest BCUT2D eigenvalue weighted by Crippen LogP contribution is 2.19. The Morgan fingerprint density at radius 3 is 2.81 bits per heavy atom. The topological polar surface area (TPSA) is 68.2 Å². The van der Waals surface area contributed by atoms with Gasteiger partial charge in [-0.3, -0.25) is 10.00 Å². The number of hydrogen-bond acceptors (Lipinski definition) is 4. The average Bonchev–Trinajstić information content (AvgIpc) is 2.97. The van der Waals surface area contributed by atoms with Crippen molar-refractivity contribution >= 4 is 11.8 Å². The van der Waals surface area contributed by atoms with Crippen molar-refractivity contribution in [2.75, 3.05) is 18.4 Å². The highest BCUT2D eigenvalue weighted by molar-refractivity contribution is 5.85. The molecule has 2 aromatic rings. The second kappa shape index (κ2) is 6.41. The summed E-state index contributed by atoms with van der Waals surface area (Å²) < 4.78 is 7.09. The van der Waals surface area contributed by atoms with Gasteiger partial charge in [0.2, 0.25) is 0 Å². The number of carbonyl (C=O) groups excluding carboxylic acids is 1. The van der Waals surface area contributed by atoms with Gasteiger partial charge in [-0.15, -0.1) is 0 Å². The minimum Gasteiger partial charge on any atom is -0.410 e. The molecule has 3 rings (SSSR count). The van der Waals surface area contributed by atoms with E-state index in [2.05, 4.69) is 15.7 Å². The van der Waals surface area contributed by atoms with Crippen molar-refractivity contribution in [3.63, 3.8) is 0 Å². The molecule has 0 unspecified atom stereocenters. The number of nitrogens with one attached hydrogen (secondary N) is 2. The Balaban J connectivity index is 1.57. The smallest absolute Gasteiger partial charge is 0.410 e. The van der Waals surface area contributed by atoms with E-state index in [1.165, 1.54) is 0 Å². The Bertz CT molecular complexity index is 591. The lowest BCUT2D eigenvalue weighted by Gasteiger charge is -2.22. The number of rotatable bonds is 3. The Kier molecular flexibility index (Phi) is 4.16. The summed E-state index contributed by atoms with van der Waals surface area (Å²) >= 11 is 0. The van der Waals surface area contributed by atoms with Gasteiger partial charge in [0.05, 0.1) is 17.9 Å². The molecule has 21 heavy (non-hydrogen) atoms. The zero-order valence-electron chi connectivity index (χ0n) is 11.7. The minimum absolute atomic E-state index is 0.395. The van der Waals surface area contributed by atoms with Crippen LogP contribution >= 0.6 is 0 Å². The normalized spacial score (nSPS) is 15.6. The molecule has 0 saturated carbocycles. The van der Waals surface area contributed by atoms with Gasteiger partial charge in [-0.25, -0.2) is 4.79 Å². The van der Waals surface area contributed by atoms with Crippen LogP contribution in [0.1, 0.15) is 18.9 Å². The van der Waals surface area contributed by atoms with Crippen LogP contribution in [0, 0.1) is 0 Å².